The van der Waals surface area contributed by atoms with Gasteiger partial charge in [0.15, 0.2) is 0 Å². The molecule has 0 aromatic heterocycles. The number of hydroxylamine groups is 1. The van der Waals surface area contributed by atoms with Crippen LogP contribution in [0.15, 0.2) is 11.6 Å². The first-order valence-corrected chi connectivity index (χ1v) is 2.70. The van der Waals surface area contributed by atoms with E-state index in [0.717, 1.165) is 0 Å². The van der Waals surface area contributed by atoms with Crippen molar-refractivity contribution in [3.63, 3.8) is 0 Å². The van der Waals surface area contributed by atoms with E-state index in [0.29, 0.717) is 5.57 Å². The van der Waals surface area contributed by atoms with Gasteiger partial charge in [0, 0.05) is 5.57 Å². The van der Waals surface area contributed by atoms with Crippen LogP contribution in [0, 0.1) is 11.5 Å². The second-order valence-electron chi connectivity index (χ2n) is 1.58. The maximum absolute atomic E-state index is 10.6. The fourth-order valence-electron chi connectivity index (χ4n) is 0.268. The van der Waals surface area contributed by atoms with Crippen molar-refractivity contribution in [2.45, 2.75) is 13.8 Å². The van der Waals surface area contributed by atoms with E-state index in [1.54, 1.807) is 25.4 Å². The second kappa shape index (κ2) is 4.39. The van der Waals surface area contributed by atoms with Gasteiger partial charge in [-0.2, -0.15) is 10.7 Å². The van der Waals surface area contributed by atoms with Crippen LogP contribution in [0.4, 0.5) is 0 Å². The maximum Gasteiger partial charge on any atom is 0.359 e. The Morgan fingerprint density at radius 1 is 1.80 bits per heavy atom. The molecule has 0 rings (SSSR count). The molecule has 0 heterocycles. The average Bonchev–Trinajstić information content (AvgIpc) is 1.98. The molecule has 0 amide bonds. The third-order valence-corrected chi connectivity index (χ3v) is 0.944. The number of rotatable bonds is 2. The second-order valence-corrected chi connectivity index (χ2v) is 1.58. The lowest BCUT2D eigenvalue weighted by Gasteiger charge is -1.97. The molecule has 0 aromatic rings. The summed E-state index contributed by atoms with van der Waals surface area (Å²) < 4.78 is 0. The first-order chi connectivity index (χ1) is 4.72. The fourth-order valence-corrected chi connectivity index (χ4v) is 0.268. The number of hydrogen-bond donors (Lipinski definition) is 1. The van der Waals surface area contributed by atoms with Crippen LogP contribution >= 0.6 is 0 Å². The molecule has 4 heteroatoms. The summed E-state index contributed by atoms with van der Waals surface area (Å²) in [5, 5.41) is 7.91. The lowest BCUT2D eigenvalue weighted by Crippen LogP contribution is -2.15. The molecule has 0 fully saturated rings. The number of nitrogens with zero attached hydrogens (tertiary/aromatic N) is 1. The summed E-state index contributed by atoms with van der Waals surface area (Å²) in [5.74, 6) is -0.538. The Morgan fingerprint density at radius 2 is 2.40 bits per heavy atom. The van der Waals surface area contributed by atoms with Gasteiger partial charge in [0.25, 0.3) is 0 Å². The Morgan fingerprint density at radius 3 is 2.80 bits per heavy atom. The van der Waals surface area contributed by atoms with Crippen molar-refractivity contribution < 1.29 is 9.63 Å². The largest absolute Gasteiger partial charge is 0.359 e. The Balaban J connectivity index is 3.77. The van der Waals surface area contributed by atoms with Crippen LogP contribution in [0.25, 0.3) is 0 Å². The van der Waals surface area contributed by atoms with E-state index in [-0.39, 0.29) is 0 Å². The van der Waals surface area contributed by atoms with Gasteiger partial charge in [0.05, 0.1) is 0 Å². The third kappa shape index (κ3) is 2.72. The molecule has 0 aromatic carbocycles. The Labute approximate surface area is 59.0 Å². The molecule has 0 aliphatic rings. The summed E-state index contributed by atoms with van der Waals surface area (Å²) in [4.78, 5) is 14.9. The van der Waals surface area contributed by atoms with Gasteiger partial charge in [-0.1, -0.05) is 6.08 Å². The quantitative estimate of drug-likeness (QED) is 0.262. The van der Waals surface area contributed by atoms with Crippen LogP contribution in [0.5, 0.6) is 0 Å². The Hall–Kier alpha value is -1.50. The van der Waals surface area contributed by atoms with Crippen molar-refractivity contribution >= 4 is 5.97 Å². The van der Waals surface area contributed by atoms with E-state index >= 15 is 0 Å². The van der Waals surface area contributed by atoms with Crippen LogP contribution in [0.2, 0.25) is 0 Å². The highest BCUT2D eigenvalue weighted by Gasteiger charge is 2.02. The van der Waals surface area contributed by atoms with Crippen molar-refractivity contribution in [2.24, 2.45) is 0 Å². The Bertz CT molecular complexity index is 190. The highest BCUT2D eigenvalue weighted by molar-refractivity contribution is 5.87. The van der Waals surface area contributed by atoms with Crippen LogP contribution < -0.4 is 5.48 Å². The molecule has 0 saturated carbocycles. The summed E-state index contributed by atoms with van der Waals surface area (Å²) in [6.45, 7) is 3.31. The predicted octanol–water partition coefficient (Wildman–Crippen LogP) is 0.481. The zero-order valence-corrected chi connectivity index (χ0v) is 5.84. The van der Waals surface area contributed by atoms with Gasteiger partial charge < -0.3 is 4.84 Å². The minimum Gasteiger partial charge on any atom is -0.329 e. The molecule has 0 radical (unpaired) electrons. The first-order valence-electron chi connectivity index (χ1n) is 2.70. The van der Waals surface area contributed by atoms with Gasteiger partial charge in [0.1, 0.15) is 0 Å². The molecular weight excluding hydrogens is 132 g/mol. The number of nitrogens with one attached hydrogen (secondary N) is 1. The zero-order chi connectivity index (χ0) is 7.98. The van der Waals surface area contributed by atoms with Crippen molar-refractivity contribution in [2.75, 3.05) is 0 Å². The smallest absolute Gasteiger partial charge is 0.329 e. The van der Waals surface area contributed by atoms with Gasteiger partial charge in [-0.25, -0.2) is 4.79 Å². The molecule has 0 spiro atoms. The molecule has 0 aliphatic heterocycles. The lowest BCUT2D eigenvalue weighted by molar-refractivity contribution is -0.143. The summed E-state index contributed by atoms with van der Waals surface area (Å²) in [6.07, 6.45) is 3.06. The molecule has 54 valence electrons. The van der Waals surface area contributed by atoms with E-state index in [1.807, 2.05) is 0 Å². The van der Waals surface area contributed by atoms with E-state index < -0.39 is 5.97 Å². The van der Waals surface area contributed by atoms with Crippen molar-refractivity contribution in [1.82, 2.24) is 5.48 Å². The van der Waals surface area contributed by atoms with Gasteiger partial charge in [-0.3, -0.25) is 0 Å². The van der Waals surface area contributed by atoms with Crippen molar-refractivity contribution in [3.8, 4) is 6.19 Å². The van der Waals surface area contributed by atoms with Gasteiger partial charge in [0.2, 0.25) is 6.19 Å². The van der Waals surface area contributed by atoms with Crippen LogP contribution in [0.1, 0.15) is 13.8 Å². The van der Waals surface area contributed by atoms with Crippen molar-refractivity contribution in [1.29, 1.82) is 5.26 Å². The van der Waals surface area contributed by atoms with E-state index in [4.69, 9.17) is 5.26 Å². The standard InChI is InChI=1S/C6H8N2O2/c1-3-5(2)6(9)10-8-4-7/h3,8H,1-2H3. The summed E-state index contributed by atoms with van der Waals surface area (Å²) in [7, 11) is 0. The lowest BCUT2D eigenvalue weighted by atomic mass is 10.3. The van der Waals surface area contributed by atoms with Gasteiger partial charge >= 0.3 is 5.97 Å². The monoisotopic (exact) mass is 140 g/mol. The number of hydrogen-bond acceptors (Lipinski definition) is 4. The van der Waals surface area contributed by atoms with Crippen LogP contribution in [-0.4, -0.2) is 5.97 Å². The number of carbonyl (C=O) groups is 1. The molecular formula is C6H8N2O2. The van der Waals surface area contributed by atoms with E-state index in [1.165, 1.54) is 6.19 Å². The summed E-state index contributed by atoms with van der Waals surface area (Å²) in [6, 6.07) is 0. The molecule has 0 atom stereocenters. The Kier molecular flexibility index (Phi) is 3.73. The molecule has 0 bridgehead atoms. The molecule has 10 heavy (non-hydrogen) atoms. The zero-order valence-electron chi connectivity index (χ0n) is 5.84. The fraction of sp³-hybridized carbons (Fsp3) is 0.333. The van der Waals surface area contributed by atoms with E-state index in [9.17, 15) is 4.79 Å². The van der Waals surface area contributed by atoms with Crippen LogP contribution in [-0.2, 0) is 9.63 Å². The number of nitriles is 1. The highest BCUT2D eigenvalue weighted by atomic mass is 16.7. The topological polar surface area (TPSA) is 62.1 Å². The van der Waals surface area contributed by atoms with Gasteiger partial charge in [-0.15, -0.1) is 0 Å². The maximum atomic E-state index is 10.6. The SMILES string of the molecule is CC=C(C)C(=O)ONC#N. The number of allylic oxidation sites excluding steroid dienone is 1. The van der Waals surface area contributed by atoms with Crippen molar-refractivity contribution in [3.05, 3.63) is 11.6 Å². The molecule has 0 unspecified atom stereocenters. The molecule has 4 nitrogen and oxygen atoms in total. The third-order valence-electron chi connectivity index (χ3n) is 0.944. The molecule has 0 saturated heterocycles. The normalized spacial score (nSPS) is 9.90. The molecule has 1 N–H and O–H groups in total. The predicted molar refractivity (Wildman–Crippen MR) is 34.3 cm³/mol. The van der Waals surface area contributed by atoms with E-state index in [2.05, 4.69) is 4.84 Å². The average molecular weight is 140 g/mol. The minimum atomic E-state index is -0.538. The summed E-state index contributed by atoms with van der Waals surface area (Å²) in [5.41, 5.74) is 2.24. The summed E-state index contributed by atoms with van der Waals surface area (Å²) >= 11 is 0. The minimum absolute atomic E-state index is 0.461. The first kappa shape index (κ1) is 8.50. The van der Waals surface area contributed by atoms with Gasteiger partial charge in [-0.05, 0) is 13.8 Å². The highest BCUT2D eigenvalue weighted by Crippen LogP contribution is 1.92. The number of carbonyl (C=O) groups excluding carboxylic acids is 1. The molecule has 0 aliphatic carbocycles. The van der Waals surface area contributed by atoms with Crippen LogP contribution in [0.3, 0.4) is 0 Å².